The second-order valence-corrected chi connectivity index (χ2v) is 8.57. The largest absolute Gasteiger partial charge is 0.326 e. The van der Waals surface area contributed by atoms with Gasteiger partial charge in [0.15, 0.2) is 5.82 Å². The van der Waals surface area contributed by atoms with Crippen molar-refractivity contribution in [3.63, 3.8) is 0 Å². The zero-order chi connectivity index (χ0) is 24.0. The number of nitrogens with zero attached hydrogens (tertiary/aromatic N) is 5. The monoisotopic (exact) mass is 466 g/mol. The smallest absolute Gasteiger partial charge is 0.224 e. The van der Waals surface area contributed by atoms with Crippen LogP contribution in [0.1, 0.15) is 23.5 Å². The minimum absolute atomic E-state index is 0.0428. The molecular weight excluding hydrogens is 440 g/mol. The molecule has 3 aromatic heterocycles. The van der Waals surface area contributed by atoms with Gasteiger partial charge in [-0.2, -0.15) is 0 Å². The van der Waals surface area contributed by atoms with Crippen LogP contribution in [0.25, 0.3) is 11.5 Å². The maximum absolute atomic E-state index is 12.2. The van der Waals surface area contributed by atoms with Gasteiger partial charge in [-0.25, -0.2) is 24.9 Å². The maximum Gasteiger partial charge on any atom is 0.224 e. The molecule has 9 nitrogen and oxygen atoms in total. The highest BCUT2D eigenvalue weighted by Gasteiger charge is 2.20. The van der Waals surface area contributed by atoms with Crippen molar-refractivity contribution in [2.75, 3.05) is 23.7 Å². The van der Waals surface area contributed by atoms with Gasteiger partial charge in [-0.05, 0) is 67.9 Å². The van der Waals surface area contributed by atoms with Crippen LogP contribution in [-0.2, 0) is 11.2 Å². The molecule has 0 unspecified atom stereocenters. The molecule has 1 aliphatic heterocycles. The first-order valence-electron chi connectivity index (χ1n) is 11.6. The third-order valence-corrected chi connectivity index (χ3v) is 5.65. The van der Waals surface area contributed by atoms with E-state index in [1.54, 1.807) is 24.5 Å². The minimum atomic E-state index is 0.0428. The van der Waals surface area contributed by atoms with E-state index in [2.05, 4.69) is 40.9 Å². The van der Waals surface area contributed by atoms with Crippen LogP contribution in [0.3, 0.4) is 0 Å². The Kier molecular flexibility index (Phi) is 6.67. The number of rotatable bonds is 8. The summed E-state index contributed by atoms with van der Waals surface area (Å²) in [5.74, 6) is 2.93. The highest BCUT2D eigenvalue weighted by atomic mass is 16.1. The van der Waals surface area contributed by atoms with Crippen molar-refractivity contribution in [2.24, 2.45) is 5.92 Å². The van der Waals surface area contributed by atoms with Crippen molar-refractivity contribution < 1.29 is 4.79 Å². The van der Waals surface area contributed by atoms with Crippen LogP contribution < -0.4 is 16.0 Å². The summed E-state index contributed by atoms with van der Waals surface area (Å²) in [6, 6.07) is 17.1. The minimum Gasteiger partial charge on any atom is -0.326 e. The van der Waals surface area contributed by atoms with Gasteiger partial charge >= 0.3 is 0 Å². The Morgan fingerprint density at radius 1 is 0.971 bits per heavy atom. The molecule has 3 N–H and O–H groups in total. The van der Waals surface area contributed by atoms with E-state index in [4.69, 9.17) is 0 Å². The van der Waals surface area contributed by atoms with Crippen molar-refractivity contribution in [1.82, 2.24) is 30.2 Å². The zero-order valence-corrected chi connectivity index (χ0v) is 19.4. The average molecular weight is 467 g/mol. The summed E-state index contributed by atoms with van der Waals surface area (Å²) >= 11 is 0. The normalized spacial score (nSPS) is 13.2. The van der Waals surface area contributed by atoms with E-state index < -0.39 is 0 Å². The first-order valence-corrected chi connectivity index (χ1v) is 11.6. The third kappa shape index (κ3) is 6.01. The van der Waals surface area contributed by atoms with Gasteiger partial charge in [0.2, 0.25) is 5.91 Å². The first kappa shape index (κ1) is 22.5. The van der Waals surface area contributed by atoms with E-state index in [-0.39, 0.29) is 5.91 Å². The fourth-order valence-corrected chi connectivity index (χ4v) is 3.81. The molecule has 0 radical (unpaired) electrons. The Labute approximate surface area is 203 Å². The Balaban J connectivity index is 1.25. The van der Waals surface area contributed by atoms with Gasteiger partial charge in [0.05, 0.1) is 0 Å². The van der Waals surface area contributed by atoms with Crippen LogP contribution in [0.4, 0.5) is 17.3 Å². The molecule has 0 saturated carbocycles. The number of benzene rings is 1. The first-order chi connectivity index (χ1) is 17.1. The molecule has 1 saturated heterocycles. The van der Waals surface area contributed by atoms with E-state index in [1.807, 2.05) is 49.4 Å². The number of nitrogens with one attached hydrogen (secondary N) is 3. The summed E-state index contributed by atoms with van der Waals surface area (Å²) in [6.07, 6.45) is 4.48. The van der Waals surface area contributed by atoms with E-state index in [9.17, 15) is 4.79 Å². The molecule has 4 aromatic rings. The Bertz CT molecular complexity index is 1340. The van der Waals surface area contributed by atoms with E-state index in [0.717, 1.165) is 30.0 Å². The molecule has 176 valence electrons. The molecule has 1 aliphatic rings. The Morgan fingerprint density at radius 2 is 1.77 bits per heavy atom. The van der Waals surface area contributed by atoms with Gasteiger partial charge in [0, 0.05) is 36.6 Å². The topological polar surface area (TPSA) is 118 Å². The predicted octanol–water partition coefficient (Wildman–Crippen LogP) is 3.52. The summed E-state index contributed by atoms with van der Waals surface area (Å²) in [4.78, 5) is 34.7. The fraction of sp³-hybridized carbons (Fsp3) is 0.231. The molecule has 9 heteroatoms. The maximum atomic E-state index is 12.2. The predicted molar refractivity (Wildman–Crippen MR) is 134 cm³/mol. The lowest BCUT2D eigenvalue weighted by Gasteiger charge is -2.26. The zero-order valence-electron chi connectivity index (χ0n) is 19.4. The van der Waals surface area contributed by atoms with Crippen molar-refractivity contribution in [3.05, 3.63) is 84.1 Å². The number of amides is 1. The van der Waals surface area contributed by atoms with E-state index in [0.29, 0.717) is 47.7 Å². The van der Waals surface area contributed by atoms with E-state index in [1.165, 1.54) is 0 Å². The number of aryl methyl sites for hydroxylation is 1. The van der Waals surface area contributed by atoms with Crippen molar-refractivity contribution in [1.29, 1.82) is 0 Å². The highest BCUT2D eigenvalue weighted by molar-refractivity contribution is 5.91. The molecule has 0 spiro atoms. The number of aromatic nitrogens is 5. The number of hydrogen-bond acceptors (Lipinski definition) is 8. The Morgan fingerprint density at radius 3 is 2.57 bits per heavy atom. The fourth-order valence-electron chi connectivity index (χ4n) is 3.81. The lowest BCUT2D eigenvalue weighted by atomic mass is 9.99. The summed E-state index contributed by atoms with van der Waals surface area (Å²) in [6.45, 7) is 3.76. The quantitative estimate of drug-likeness (QED) is 0.361. The third-order valence-electron chi connectivity index (χ3n) is 5.65. The number of anilines is 3. The van der Waals surface area contributed by atoms with Gasteiger partial charge < -0.3 is 16.0 Å². The Hall–Kier alpha value is -4.24. The summed E-state index contributed by atoms with van der Waals surface area (Å²) in [7, 11) is 0. The van der Waals surface area contributed by atoms with Gasteiger partial charge in [-0.15, -0.1) is 0 Å². The molecule has 1 amide bonds. The van der Waals surface area contributed by atoms with Crippen LogP contribution in [0, 0.1) is 12.8 Å². The van der Waals surface area contributed by atoms with Crippen LogP contribution in [0.15, 0.2) is 67.0 Å². The van der Waals surface area contributed by atoms with Gasteiger partial charge in [0.1, 0.15) is 23.2 Å². The summed E-state index contributed by atoms with van der Waals surface area (Å²) in [5, 5.41) is 9.41. The van der Waals surface area contributed by atoms with Crippen LogP contribution in [-0.4, -0.2) is 43.9 Å². The summed E-state index contributed by atoms with van der Waals surface area (Å²) in [5.41, 5.74) is 3.42. The SMILES string of the molecule is Cc1cccc(-c2nccc(Nc3ccnc(Cc4cccc(NC(=O)CC5CNC5)c4)n3)n2)n1. The molecule has 0 bridgehead atoms. The van der Waals surface area contributed by atoms with Crippen LogP contribution >= 0.6 is 0 Å². The van der Waals surface area contributed by atoms with Crippen molar-refractivity contribution in [3.8, 4) is 11.5 Å². The standard InChI is InChI=1S/C26H26N8O/c1-17-4-2-7-21(30-17)26-29-11-9-23(34-26)32-22-8-10-28-24(33-22)13-18-5-3-6-20(12-18)31-25(35)14-19-15-27-16-19/h2-12,19,27H,13-16H2,1H3,(H,31,35)(H,28,29,32,33,34). The number of hydrogen-bond donors (Lipinski definition) is 3. The van der Waals surface area contributed by atoms with Gasteiger partial charge in [-0.1, -0.05) is 18.2 Å². The number of carbonyl (C=O) groups is 1. The highest BCUT2D eigenvalue weighted by Crippen LogP contribution is 2.19. The van der Waals surface area contributed by atoms with Gasteiger partial charge in [-0.3, -0.25) is 4.79 Å². The lowest BCUT2D eigenvalue weighted by Crippen LogP contribution is -2.43. The molecule has 5 rings (SSSR count). The molecule has 0 atom stereocenters. The number of pyridine rings is 1. The van der Waals surface area contributed by atoms with Crippen molar-refractivity contribution >= 4 is 23.2 Å². The molecule has 1 fully saturated rings. The molecule has 35 heavy (non-hydrogen) atoms. The molecule has 4 heterocycles. The molecule has 0 aliphatic carbocycles. The lowest BCUT2D eigenvalue weighted by molar-refractivity contribution is -0.117. The van der Waals surface area contributed by atoms with Gasteiger partial charge in [0.25, 0.3) is 0 Å². The van der Waals surface area contributed by atoms with Crippen molar-refractivity contribution in [2.45, 2.75) is 19.8 Å². The molecule has 1 aromatic carbocycles. The second-order valence-electron chi connectivity index (χ2n) is 8.57. The average Bonchev–Trinajstić information content (AvgIpc) is 2.82. The van der Waals surface area contributed by atoms with Crippen LogP contribution in [0.5, 0.6) is 0 Å². The van der Waals surface area contributed by atoms with Crippen LogP contribution in [0.2, 0.25) is 0 Å². The summed E-state index contributed by atoms with van der Waals surface area (Å²) < 4.78 is 0. The molecular formula is C26H26N8O. The number of carbonyl (C=O) groups excluding carboxylic acids is 1. The van der Waals surface area contributed by atoms with E-state index >= 15 is 0 Å². The second kappa shape index (κ2) is 10.4.